The summed E-state index contributed by atoms with van der Waals surface area (Å²) in [5.41, 5.74) is 0.167. The molecule has 0 aliphatic carbocycles. The van der Waals surface area contributed by atoms with Gasteiger partial charge in [0.15, 0.2) is 0 Å². The molecule has 3 rings (SSSR count). The lowest BCUT2D eigenvalue weighted by Crippen LogP contribution is -2.45. The van der Waals surface area contributed by atoms with Crippen LogP contribution in [-0.2, 0) is 21.4 Å². The van der Waals surface area contributed by atoms with E-state index in [9.17, 15) is 14.4 Å². The fourth-order valence-corrected chi connectivity index (χ4v) is 3.73. The SMILES string of the molecule is CN1[C@@H](CC(=O)N2CCOCC2)CC[C@H]1CNC(=O)c1ccn(C)c(=O)c1.O=CO. The molecule has 2 amide bonds. The van der Waals surface area contributed by atoms with Gasteiger partial charge in [0, 0.05) is 63.0 Å². The predicted octanol–water partition coefficient (Wildman–Crippen LogP) is -0.472. The smallest absolute Gasteiger partial charge is 0.290 e. The van der Waals surface area contributed by atoms with Gasteiger partial charge in [0.05, 0.1) is 13.2 Å². The Labute approximate surface area is 175 Å². The fourth-order valence-electron chi connectivity index (χ4n) is 3.73. The largest absolute Gasteiger partial charge is 0.483 e. The third-order valence-electron chi connectivity index (χ3n) is 5.62. The van der Waals surface area contributed by atoms with Crippen molar-refractivity contribution in [3.05, 3.63) is 34.2 Å². The molecule has 0 bridgehead atoms. The summed E-state index contributed by atoms with van der Waals surface area (Å²) in [5.74, 6) is -0.0612. The maximum absolute atomic E-state index is 12.5. The van der Waals surface area contributed by atoms with Crippen molar-refractivity contribution >= 4 is 18.3 Å². The molecule has 0 spiro atoms. The van der Waals surface area contributed by atoms with Gasteiger partial charge in [-0.05, 0) is 26.0 Å². The van der Waals surface area contributed by atoms with Gasteiger partial charge in [-0.25, -0.2) is 0 Å². The third-order valence-corrected chi connectivity index (χ3v) is 5.62. The molecule has 30 heavy (non-hydrogen) atoms. The number of hydrogen-bond donors (Lipinski definition) is 2. The standard InChI is InChI=1S/C19H28N4O4.CH2O2/c1-21-6-5-14(11-17(21)24)19(26)20-13-16-4-3-15(22(16)2)12-18(25)23-7-9-27-10-8-23;2-1-3/h5-6,11,15-16H,3-4,7-10,12-13H2,1-2H3,(H,20,26);1H,(H,2,3)/t15-,16+;/m1./s1. The van der Waals surface area contributed by atoms with E-state index in [0.29, 0.717) is 44.8 Å². The molecular formula is C20H30N4O6. The number of likely N-dealkylation sites (tertiary alicyclic amines) is 1. The zero-order chi connectivity index (χ0) is 22.1. The van der Waals surface area contributed by atoms with E-state index in [2.05, 4.69) is 10.2 Å². The van der Waals surface area contributed by atoms with Crippen LogP contribution >= 0.6 is 0 Å². The highest BCUT2D eigenvalue weighted by Gasteiger charge is 2.33. The third kappa shape index (κ3) is 6.39. The predicted molar refractivity (Wildman–Crippen MR) is 109 cm³/mol. The normalized spacial score (nSPS) is 21.5. The van der Waals surface area contributed by atoms with Crippen molar-refractivity contribution in [1.82, 2.24) is 19.7 Å². The molecule has 2 aliphatic heterocycles. The Balaban J connectivity index is 0.00000101. The highest BCUT2D eigenvalue weighted by Crippen LogP contribution is 2.25. The van der Waals surface area contributed by atoms with Crippen molar-refractivity contribution in [1.29, 1.82) is 0 Å². The number of carbonyl (C=O) groups excluding carboxylic acids is 2. The van der Waals surface area contributed by atoms with Gasteiger partial charge < -0.3 is 24.6 Å². The number of pyridine rings is 1. The van der Waals surface area contributed by atoms with Crippen LogP contribution in [0.3, 0.4) is 0 Å². The number of rotatable bonds is 5. The lowest BCUT2D eigenvalue weighted by atomic mass is 10.1. The van der Waals surface area contributed by atoms with Gasteiger partial charge in [0.25, 0.3) is 17.9 Å². The zero-order valence-corrected chi connectivity index (χ0v) is 17.5. The van der Waals surface area contributed by atoms with E-state index < -0.39 is 0 Å². The number of nitrogens with one attached hydrogen (secondary N) is 1. The first-order valence-electron chi connectivity index (χ1n) is 9.97. The highest BCUT2D eigenvalue weighted by molar-refractivity contribution is 5.94. The Morgan fingerprint density at radius 2 is 1.87 bits per heavy atom. The Bertz CT molecular complexity index is 790. The Hall–Kier alpha value is -2.72. The summed E-state index contributed by atoms with van der Waals surface area (Å²) in [7, 11) is 3.66. The molecule has 2 saturated heterocycles. The number of amides is 2. The maximum atomic E-state index is 12.5. The second kappa shape index (κ2) is 11.5. The van der Waals surface area contributed by atoms with Crippen LogP contribution in [0.25, 0.3) is 0 Å². The summed E-state index contributed by atoms with van der Waals surface area (Å²) < 4.78 is 6.73. The van der Waals surface area contributed by atoms with E-state index in [-0.39, 0.29) is 35.9 Å². The molecule has 2 fully saturated rings. The van der Waals surface area contributed by atoms with Gasteiger partial charge >= 0.3 is 0 Å². The number of carbonyl (C=O) groups is 3. The van der Waals surface area contributed by atoms with Crippen LogP contribution in [0, 0.1) is 0 Å². The van der Waals surface area contributed by atoms with E-state index in [1.165, 1.54) is 10.6 Å². The van der Waals surface area contributed by atoms with Crippen LogP contribution in [-0.4, -0.2) is 89.7 Å². The summed E-state index contributed by atoms with van der Waals surface area (Å²) in [6.45, 7) is 2.83. The van der Waals surface area contributed by atoms with Crippen molar-refractivity contribution in [2.75, 3.05) is 39.9 Å². The average molecular weight is 422 g/mol. The fraction of sp³-hybridized carbons (Fsp3) is 0.600. The van der Waals surface area contributed by atoms with Crippen LogP contribution < -0.4 is 10.9 Å². The van der Waals surface area contributed by atoms with E-state index in [4.69, 9.17) is 14.6 Å². The molecule has 166 valence electrons. The molecule has 0 saturated carbocycles. The highest BCUT2D eigenvalue weighted by atomic mass is 16.5. The summed E-state index contributed by atoms with van der Waals surface area (Å²) in [6, 6.07) is 3.38. The average Bonchev–Trinajstić information content (AvgIpc) is 3.08. The number of carboxylic acid groups (broad SMARTS) is 1. The zero-order valence-electron chi connectivity index (χ0n) is 17.5. The summed E-state index contributed by atoms with van der Waals surface area (Å²) >= 11 is 0. The molecule has 1 aromatic rings. The number of likely N-dealkylation sites (N-methyl/N-ethyl adjacent to an activating group) is 1. The second-order valence-electron chi connectivity index (χ2n) is 7.43. The molecule has 2 atom stereocenters. The van der Waals surface area contributed by atoms with Crippen LogP contribution in [0.15, 0.2) is 23.1 Å². The minimum Gasteiger partial charge on any atom is -0.483 e. The number of aryl methyl sites for hydroxylation is 1. The number of nitrogens with zero attached hydrogens (tertiary/aromatic N) is 3. The molecule has 1 aromatic heterocycles. The molecular weight excluding hydrogens is 392 g/mol. The minimum absolute atomic E-state index is 0.181. The Kier molecular flexibility index (Phi) is 9.00. The van der Waals surface area contributed by atoms with Crippen molar-refractivity contribution in [2.45, 2.75) is 31.3 Å². The van der Waals surface area contributed by atoms with Crippen LogP contribution in [0.5, 0.6) is 0 Å². The van der Waals surface area contributed by atoms with Gasteiger partial charge in [0.1, 0.15) is 0 Å². The minimum atomic E-state index is -0.250. The van der Waals surface area contributed by atoms with Crippen LogP contribution in [0.4, 0.5) is 0 Å². The van der Waals surface area contributed by atoms with Gasteiger partial charge in [0.2, 0.25) is 5.91 Å². The second-order valence-corrected chi connectivity index (χ2v) is 7.43. The number of morpholine rings is 1. The van der Waals surface area contributed by atoms with E-state index in [1.807, 2.05) is 11.9 Å². The lowest BCUT2D eigenvalue weighted by Gasteiger charge is -2.30. The van der Waals surface area contributed by atoms with Gasteiger partial charge in [-0.2, -0.15) is 0 Å². The molecule has 0 radical (unpaired) electrons. The summed E-state index contributed by atoms with van der Waals surface area (Å²) in [6.07, 6.45) is 3.98. The van der Waals surface area contributed by atoms with Crippen molar-refractivity contribution in [2.24, 2.45) is 7.05 Å². The lowest BCUT2D eigenvalue weighted by molar-refractivity contribution is -0.136. The van der Waals surface area contributed by atoms with Crippen molar-refractivity contribution in [3.63, 3.8) is 0 Å². The van der Waals surface area contributed by atoms with Crippen molar-refractivity contribution in [3.8, 4) is 0 Å². The van der Waals surface area contributed by atoms with Crippen LogP contribution in [0.2, 0.25) is 0 Å². The van der Waals surface area contributed by atoms with Gasteiger partial charge in [-0.15, -0.1) is 0 Å². The first-order chi connectivity index (χ1) is 14.4. The molecule has 10 heteroatoms. The van der Waals surface area contributed by atoms with E-state index in [0.717, 1.165) is 12.8 Å². The van der Waals surface area contributed by atoms with Crippen LogP contribution in [0.1, 0.15) is 29.6 Å². The molecule has 2 N–H and O–H groups in total. The quantitative estimate of drug-likeness (QED) is 0.615. The first kappa shape index (κ1) is 23.6. The van der Waals surface area contributed by atoms with Crippen molar-refractivity contribution < 1.29 is 24.2 Å². The molecule has 0 unspecified atom stereocenters. The Morgan fingerprint density at radius 1 is 1.23 bits per heavy atom. The number of hydrogen-bond acceptors (Lipinski definition) is 6. The Morgan fingerprint density at radius 3 is 2.50 bits per heavy atom. The monoisotopic (exact) mass is 422 g/mol. The first-order valence-corrected chi connectivity index (χ1v) is 9.97. The van der Waals surface area contributed by atoms with Gasteiger partial charge in [-0.1, -0.05) is 0 Å². The van der Waals surface area contributed by atoms with E-state index >= 15 is 0 Å². The number of ether oxygens (including phenoxy) is 1. The van der Waals surface area contributed by atoms with Gasteiger partial charge in [-0.3, -0.25) is 24.1 Å². The maximum Gasteiger partial charge on any atom is 0.290 e. The molecule has 10 nitrogen and oxygen atoms in total. The topological polar surface area (TPSA) is 121 Å². The summed E-state index contributed by atoms with van der Waals surface area (Å²) in [4.78, 5) is 48.8. The number of aromatic nitrogens is 1. The summed E-state index contributed by atoms with van der Waals surface area (Å²) in [5, 5.41) is 9.80. The molecule has 2 aliphatic rings. The molecule has 0 aromatic carbocycles. The molecule has 3 heterocycles. The van der Waals surface area contributed by atoms with E-state index in [1.54, 1.807) is 19.3 Å².